The zero-order valence-corrected chi connectivity index (χ0v) is 12.9. The van der Waals surface area contributed by atoms with Crippen LogP contribution in [0.4, 0.5) is 5.69 Å². The Morgan fingerprint density at radius 3 is 2.36 bits per heavy atom. The second-order valence-electron chi connectivity index (χ2n) is 6.00. The Balaban J connectivity index is 2.18. The molecule has 6 heteroatoms. The fourth-order valence-electron chi connectivity index (χ4n) is 2.20. The van der Waals surface area contributed by atoms with Gasteiger partial charge in [0.25, 0.3) is 5.91 Å². The van der Waals surface area contributed by atoms with Crippen molar-refractivity contribution in [3.63, 3.8) is 0 Å². The van der Waals surface area contributed by atoms with Crippen molar-refractivity contribution in [1.29, 1.82) is 0 Å². The van der Waals surface area contributed by atoms with Gasteiger partial charge in [0, 0.05) is 17.3 Å². The van der Waals surface area contributed by atoms with Crippen LogP contribution in [-0.4, -0.2) is 28.9 Å². The molecule has 1 aliphatic rings. The van der Waals surface area contributed by atoms with Crippen LogP contribution in [-0.2, 0) is 9.59 Å². The van der Waals surface area contributed by atoms with Gasteiger partial charge in [-0.15, -0.1) is 0 Å². The zero-order valence-electron chi connectivity index (χ0n) is 12.9. The molecule has 0 unspecified atom stereocenters. The predicted octanol–water partition coefficient (Wildman–Crippen LogP) is 1.94. The molecule has 2 amide bonds. The van der Waals surface area contributed by atoms with E-state index < -0.39 is 17.3 Å². The third-order valence-corrected chi connectivity index (χ3v) is 3.75. The van der Waals surface area contributed by atoms with E-state index in [1.165, 1.54) is 0 Å². The summed E-state index contributed by atoms with van der Waals surface area (Å²) in [6.45, 7) is 5.53. The molecule has 1 aromatic rings. The summed E-state index contributed by atoms with van der Waals surface area (Å²) >= 11 is 0. The summed E-state index contributed by atoms with van der Waals surface area (Å²) in [5, 5.41) is 14.5. The molecule has 6 nitrogen and oxygen atoms in total. The minimum absolute atomic E-state index is 0.00638. The normalized spacial score (nSPS) is 15.3. The fourth-order valence-corrected chi connectivity index (χ4v) is 2.20. The lowest BCUT2D eigenvalue weighted by Gasteiger charge is -2.14. The molecular formula is C16H20N2O4. The van der Waals surface area contributed by atoms with Crippen LogP contribution in [0.1, 0.15) is 42.6 Å². The zero-order chi connectivity index (χ0) is 16.5. The van der Waals surface area contributed by atoms with Crippen LogP contribution < -0.4 is 10.6 Å². The summed E-state index contributed by atoms with van der Waals surface area (Å²) in [5.41, 5.74) is 0.379. The summed E-state index contributed by atoms with van der Waals surface area (Å²) in [7, 11) is 0. The smallest absolute Gasteiger partial charge is 0.319 e. The second-order valence-corrected chi connectivity index (χ2v) is 6.00. The number of hydrogen-bond acceptors (Lipinski definition) is 3. The monoisotopic (exact) mass is 304 g/mol. The van der Waals surface area contributed by atoms with Gasteiger partial charge in [0.2, 0.25) is 5.91 Å². The molecule has 0 atom stereocenters. The maximum absolute atomic E-state index is 12.1. The number of carbonyl (C=O) groups excluding carboxylic acids is 2. The highest BCUT2D eigenvalue weighted by molar-refractivity contribution is 6.11. The van der Waals surface area contributed by atoms with Gasteiger partial charge < -0.3 is 15.7 Å². The molecule has 118 valence electrons. The molecule has 0 aliphatic heterocycles. The SMILES string of the molecule is Cc1ccc(NC(=O)C2(C(=O)O)CC2)cc1C(=O)NC(C)C. The average molecular weight is 304 g/mol. The number of aryl methyl sites for hydroxylation is 1. The fraction of sp³-hybridized carbons (Fsp3) is 0.438. The molecule has 0 heterocycles. The van der Waals surface area contributed by atoms with E-state index in [4.69, 9.17) is 5.11 Å². The third kappa shape index (κ3) is 3.10. The summed E-state index contributed by atoms with van der Waals surface area (Å²) in [6, 6.07) is 4.97. The molecule has 0 bridgehead atoms. The molecule has 22 heavy (non-hydrogen) atoms. The summed E-state index contributed by atoms with van der Waals surface area (Å²) < 4.78 is 0. The van der Waals surface area contributed by atoms with Gasteiger partial charge in [-0.2, -0.15) is 0 Å². The van der Waals surface area contributed by atoms with Gasteiger partial charge in [-0.1, -0.05) is 6.07 Å². The van der Waals surface area contributed by atoms with E-state index >= 15 is 0 Å². The second kappa shape index (κ2) is 5.79. The van der Waals surface area contributed by atoms with Crippen molar-refractivity contribution in [1.82, 2.24) is 5.32 Å². The topological polar surface area (TPSA) is 95.5 Å². The van der Waals surface area contributed by atoms with E-state index in [2.05, 4.69) is 10.6 Å². The molecule has 1 fully saturated rings. The van der Waals surface area contributed by atoms with Crippen molar-refractivity contribution in [2.24, 2.45) is 5.41 Å². The highest BCUT2D eigenvalue weighted by Crippen LogP contribution is 2.46. The average Bonchev–Trinajstić information content (AvgIpc) is 3.21. The number of nitrogens with one attached hydrogen (secondary N) is 2. The van der Waals surface area contributed by atoms with Gasteiger partial charge in [-0.3, -0.25) is 14.4 Å². The van der Waals surface area contributed by atoms with Crippen LogP contribution >= 0.6 is 0 Å². The van der Waals surface area contributed by atoms with Crippen LogP contribution in [0.15, 0.2) is 18.2 Å². The lowest BCUT2D eigenvalue weighted by atomic mass is 10.0. The van der Waals surface area contributed by atoms with Crippen molar-refractivity contribution in [3.05, 3.63) is 29.3 Å². The van der Waals surface area contributed by atoms with Crippen molar-refractivity contribution < 1.29 is 19.5 Å². The standard InChI is InChI=1S/C16H20N2O4/c1-9(2)17-13(19)12-8-11(5-4-10(12)3)18-14(20)16(6-7-16)15(21)22/h4-5,8-9H,6-7H2,1-3H3,(H,17,19)(H,18,20)(H,21,22). The number of rotatable bonds is 5. The quantitative estimate of drug-likeness (QED) is 0.724. The molecular weight excluding hydrogens is 284 g/mol. The molecule has 2 rings (SSSR count). The van der Waals surface area contributed by atoms with Gasteiger partial charge in [-0.05, 0) is 51.3 Å². The molecule has 0 spiro atoms. The van der Waals surface area contributed by atoms with Crippen LogP contribution in [0, 0.1) is 12.3 Å². The van der Waals surface area contributed by atoms with E-state index in [-0.39, 0.29) is 11.9 Å². The molecule has 0 radical (unpaired) electrons. The first-order valence-corrected chi connectivity index (χ1v) is 7.22. The maximum atomic E-state index is 12.1. The Morgan fingerprint density at radius 2 is 1.86 bits per heavy atom. The van der Waals surface area contributed by atoms with E-state index in [0.717, 1.165) is 5.56 Å². The Kier molecular flexibility index (Phi) is 4.21. The summed E-state index contributed by atoms with van der Waals surface area (Å²) in [6.07, 6.45) is 0.696. The third-order valence-electron chi connectivity index (χ3n) is 3.75. The van der Waals surface area contributed by atoms with Crippen molar-refractivity contribution in [2.45, 2.75) is 39.7 Å². The van der Waals surface area contributed by atoms with Gasteiger partial charge in [0.1, 0.15) is 5.41 Å². The van der Waals surface area contributed by atoms with E-state index in [1.807, 2.05) is 13.8 Å². The van der Waals surface area contributed by atoms with Crippen molar-refractivity contribution >= 4 is 23.5 Å². The van der Waals surface area contributed by atoms with Gasteiger partial charge in [0.15, 0.2) is 0 Å². The Labute approximate surface area is 128 Å². The molecule has 0 aromatic heterocycles. The molecule has 1 aromatic carbocycles. The Morgan fingerprint density at radius 1 is 1.23 bits per heavy atom. The molecule has 3 N–H and O–H groups in total. The van der Waals surface area contributed by atoms with Crippen LogP contribution in [0.3, 0.4) is 0 Å². The summed E-state index contributed by atoms with van der Waals surface area (Å²) in [4.78, 5) is 35.3. The number of carboxylic acids is 1. The van der Waals surface area contributed by atoms with Crippen LogP contribution in [0.5, 0.6) is 0 Å². The van der Waals surface area contributed by atoms with Crippen molar-refractivity contribution in [3.8, 4) is 0 Å². The Bertz CT molecular complexity index is 633. The van der Waals surface area contributed by atoms with Crippen LogP contribution in [0.25, 0.3) is 0 Å². The number of carbonyl (C=O) groups is 3. The predicted molar refractivity (Wildman–Crippen MR) is 81.7 cm³/mol. The lowest BCUT2D eigenvalue weighted by Crippen LogP contribution is -2.32. The van der Waals surface area contributed by atoms with Gasteiger partial charge in [0.05, 0.1) is 0 Å². The van der Waals surface area contributed by atoms with Gasteiger partial charge in [-0.25, -0.2) is 0 Å². The van der Waals surface area contributed by atoms with E-state index in [1.54, 1.807) is 25.1 Å². The molecule has 1 saturated carbocycles. The number of benzene rings is 1. The first kappa shape index (κ1) is 16.0. The van der Waals surface area contributed by atoms with Crippen molar-refractivity contribution in [2.75, 3.05) is 5.32 Å². The lowest BCUT2D eigenvalue weighted by molar-refractivity contribution is -0.147. The molecule has 0 saturated heterocycles. The highest BCUT2D eigenvalue weighted by atomic mass is 16.4. The number of aliphatic carboxylic acids is 1. The summed E-state index contributed by atoms with van der Waals surface area (Å²) in [5.74, 6) is -1.85. The van der Waals surface area contributed by atoms with Crippen LogP contribution in [0.2, 0.25) is 0 Å². The highest BCUT2D eigenvalue weighted by Gasteiger charge is 2.57. The van der Waals surface area contributed by atoms with E-state index in [9.17, 15) is 14.4 Å². The number of anilines is 1. The number of amides is 2. The Hall–Kier alpha value is -2.37. The largest absolute Gasteiger partial charge is 0.480 e. The first-order valence-electron chi connectivity index (χ1n) is 7.22. The minimum atomic E-state index is -1.30. The number of carboxylic acid groups (broad SMARTS) is 1. The van der Waals surface area contributed by atoms with E-state index in [0.29, 0.717) is 24.1 Å². The molecule has 1 aliphatic carbocycles. The minimum Gasteiger partial charge on any atom is -0.480 e. The maximum Gasteiger partial charge on any atom is 0.319 e. The number of hydrogen-bond donors (Lipinski definition) is 3. The first-order chi connectivity index (χ1) is 10.3. The van der Waals surface area contributed by atoms with Gasteiger partial charge >= 0.3 is 5.97 Å².